The van der Waals surface area contributed by atoms with E-state index in [2.05, 4.69) is 67.7 Å². The van der Waals surface area contributed by atoms with Crippen LogP contribution in [-0.4, -0.2) is 7.05 Å². The normalized spacial score (nSPS) is 12.4. The third-order valence-electron chi connectivity index (χ3n) is 3.79. The fraction of sp³-hybridized carbons (Fsp3) is 0.333. The quantitative estimate of drug-likeness (QED) is 0.822. The van der Waals surface area contributed by atoms with Crippen LogP contribution < -0.4 is 5.32 Å². The number of nitrogens with one attached hydrogen (secondary N) is 1. The first kappa shape index (κ1) is 13.8. The Morgan fingerprint density at radius 3 is 2.32 bits per heavy atom. The molecule has 0 spiro atoms. The lowest BCUT2D eigenvalue weighted by molar-refractivity contribution is 0.734. The number of hydrogen-bond donors (Lipinski definition) is 1. The highest BCUT2D eigenvalue weighted by Gasteiger charge is 2.06. The summed E-state index contributed by atoms with van der Waals surface area (Å²) in [5.41, 5.74) is 5.41. The lowest BCUT2D eigenvalue weighted by Crippen LogP contribution is -2.06. The Hall–Kier alpha value is -1.60. The Morgan fingerprint density at radius 1 is 1.00 bits per heavy atom. The molecule has 1 atom stereocenters. The highest BCUT2D eigenvalue weighted by atomic mass is 14.8. The van der Waals surface area contributed by atoms with Gasteiger partial charge in [0.15, 0.2) is 0 Å². The highest BCUT2D eigenvalue weighted by molar-refractivity contribution is 5.67. The predicted molar refractivity (Wildman–Crippen MR) is 83.3 cm³/mol. The average molecular weight is 253 g/mol. The number of benzene rings is 2. The molecule has 0 aliphatic carbocycles. The van der Waals surface area contributed by atoms with E-state index in [1.54, 1.807) is 0 Å². The third kappa shape index (κ3) is 3.24. The van der Waals surface area contributed by atoms with Crippen LogP contribution in [0.4, 0.5) is 0 Å². The summed E-state index contributed by atoms with van der Waals surface area (Å²) in [7, 11) is 1.99. The van der Waals surface area contributed by atoms with E-state index in [1.807, 2.05) is 7.05 Å². The summed E-state index contributed by atoms with van der Waals surface area (Å²) in [5, 5.41) is 3.23. The van der Waals surface area contributed by atoms with E-state index in [0.29, 0.717) is 5.92 Å². The van der Waals surface area contributed by atoms with Gasteiger partial charge in [0.1, 0.15) is 0 Å². The first-order chi connectivity index (χ1) is 9.26. The van der Waals surface area contributed by atoms with Crippen LogP contribution in [0.25, 0.3) is 11.1 Å². The molecular formula is C18H23N. The van der Waals surface area contributed by atoms with Gasteiger partial charge in [-0.3, -0.25) is 0 Å². The zero-order valence-corrected chi connectivity index (χ0v) is 12.1. The van der Waals surface area contributed by atoms with Gasteiger partial charge in [-0.15, -0.1) is 0 Å². The van der Waals surface area contributed by atoms with Gasteiger partial charge in [-0.05, 0) is 41.6 Å². The van der Waals surface area contributed by atoms with Crippen LogP contribution >= 0.6 is 0 Å². The molecule has 2 rings (SSSR count). The highest BCUT2D eigenvalue weighted by Crippen LogP contribution is 2.26. The maximum absolute atomic E-state index is 3.23. The Bertz CT molecular complexity index is 513. The summed E-state index contributed by atoms with van der Waals surface area (Å²) in [4.78, 5) is 0. The van der Waals surface area contributed by atoms with Crippen molar-refractivity contribution in [2.75, 3.05) is 7.05 Å². The van der Waals surface area contributed by atoms with Gasteiger partial charge < -0.3 is 5.32 Å². The minimum atomic E-state index is 0.640. The fourth-order valence-electron chi connectivity index (χ4n) is 2.37. The molecule has 0 fully saturated rings. The molecule has 1 unspecified atom stereocenters. The summed E-state index contributed by atoms with van der Waals surface area (Å²) in [6.07, 6.45) is 1.19. The largest absolute Gasteiger partial charge is 0.316 e. The maximum atomic E-state index is 3.23. The second-order valence-electron chi connectivity index (χ2n) is 5.12. The van der Waals surface area contributed by atoms with E-state index in [9.17, 15) is 0 Å². The monoisotopic (exact) mass is 253 g/mol. The van der Waals surface area contributed by atoms with Gasteiger partial charge in [0.25, 0.3) is 0 Å². The smallest absolute Gasteiger partial charge is 0.0208 e. The van der Waals surface area contributed by atoms with Crippen LogP contribution in [0, 0.1) is 0 Å². The molecule has 1 N–H and O–H groups in total. The van der Waals surface area contributed by atoms with E-state index in [4.69, 9.17) is 0 Å². The van der Waals surface area contributed by atoms with E-state index in [1.165, 1.54) is 28.7 Å². The van der Waals surface area contributed by atoms with E-state index < -0.39 is 0 Å². The summed E-state index contributed by atoms with van der Waals surface area (Å²) in [5.74, 6) is 0.640. The molecule has 0 saturated heterocycles. The Balaban J connectivity index is 2.32. The molecule has 100 valence electrons. The molecule has 0 aliphatic heterocycles. The van der Waals surface area contributed by atoms with Crippen molar-refractivity contribution in [2.24, 2.45) is 0 Å². The van der Waals surface area contributed by atoms with Crippen molar-refractivity contribution in [3.05, 3.63) is 59.7 Å². The van der Waals surface area contributed by atoms with Crippen molar-refractivity contribution < 1.29 is 0 Å². The molecule has 0 bridgehead atoms. The lowest BCUT2D eigenvalue weighted by atomic mass is 9.94. The molecule has 0 aromatic heterocycles. The zero-order chi connectivity index (χ0) is 13.7. The predicted octanol–water partition coefficient (Wildman–Crippen LogP) is 4.59. The van der Waals surface area contributed by atoms with Gasteiger partial charge in [-0.2, -0.15) is 0 Å². The van der Waals surface area contributed by atoms with Crippen molar-refractivity contribution >= 4 is 0 Å². The standard InChI is InChI=1S/C18H23N/c1-4-14(2)15-9-11-16(12-10-15)18-8-6-5-7-17(18)13-19-3/h5-12,14,19H,4,13H2,1-3H3. The Labute approximate surface area is 116 Å². The molecule has 2 aromatic carbocycles. The molecule has 19 heavy (non-hydrogen) atoms. The second kappa shape index (κ2) is 6.53. The van der Waals surface area contributed by atoms with Gasteiger partial charge in [-0.1, -0.05) is 62.4 Å². The molecule has 2 aromatic rings. The van der Waals surface area contributed by atoms with Crippen molar-refractivity contribution in [1.29, 1.82) is 0 Å². The SMILES string of the molecule is CCC(C)c1ccc(-c2ccccc2CNC)cc1. The minimum Gasteiger partial charge on any atom is -0.316 e. The Kier molecular flexibility index (Phi) is 4.75. The first-order valence-electron chi connectivity index (χ1n) is 7.09. The van der Waals surface area contributed by atoms with Crippen LogP contribution in [-0.2, 0) is 6.54 Å². The molecule has 0 saturated carbocycles. The van der Waals surface area contributed by atoms with E-state index in [-0.39, 0.29) is 0 Å². The molecule has 1 nitrogen and oxygen atoms in total. The van der Waals surface area contributed by atoms with Crippen molar-refractivity contribution in [3.8, 4) is 11.1 Å². The molecule has 0 heterocycles. The Morgan fingerprint density at radius 2 is 1.68 bits per heavy atom. The molecular weight excluding hydrogens is 230 g/mol. The minimum absolute atomic E-state index is 0.640. The third-order valence-corrected chi connectivity index (χ3v) is 3.79. The van der Waals surface area contributed by atoms with Crippen molar-refractivity contribution in [2.45, 2.75) is 32.7 Å². The maximum Gasteiger partial charge on any atom is 0.0208 e. The molecule has 0 aliphatic rings. The first-order valence-corrected chi connectivity index (χ1v) is 7.09. The summed E-state index contributed by atoms with van der Waals surface area (Å²) in [6.45, 7) is 5.42. The van der Waals surface area contributed by atoms with Crippen LogP contribution in [0.15, 0.2) is 48.5 Å². The summed E-state index contributed by atoms with van der Waals surface area (Å²) >= 11 is 0. The van der Waals surface area contributed by atoms with E-state index in [0.717, 1.165) is 6.54 Å². The molecule has 1 heteroatoms. The van der Waals surface area contributed by atoms with Crippen LogP contribution in [0.5, 0.6) is 0 Å². The average Bonchev–Trinajstić information content (AvgIpc) is 2.47. The van der Waals surface area contributed by atoms with Gasteiger partial charge in [0.05, 0.1) is 0 Å². The van der Waals surface area contributed by atoms with Gasteiger partial charge in [0, 0.05) is 6.54 Å². The van der Waals surface area contributed by atoms with Crippen LogP contribution in [0.1, 0.15) is 37.3 Å². The summed E-state index contributed by atoms with van der Waals surface area (Å²) < 4.78 is 0. The van der Waals surface area contributed by atoms with Gasteiger partial charge >= 0.3 is 0 Å². The van der Waals surface area contributed by atoms with Crippen LogP contribution in [0.2, 0.25) is 0 Å². The second-order valence-corrected chi connectivity index (χ2v) is 5.12. The lowest BCUT2D eigenvalue weighted by Gasteiger charge is -2.12. The van der Waals surface area contributed by atoms with Gasteiger partial charge in [-0.25, -0.2) is 0 Å². The van der Waals surface area contributed by atoms with Crippen molar-refractivity contribution in [3.63, 3.8) is 0 Å². The topological polar surface area (TPSA) is 12.0 Å². The molecule has 0 radical (unpaired) electrons. The number of rotatable bonds is 5. The van der Waals surface area contributed by atoms with Crippen LogP contribution in [0.3, 0.4) is 0 Å². The fourth-order valence-corrected chi connectivity index (χ4v) is 2.37. The van der Waals surface area contributed by atoms with Crippen molar-refractivity contribution in [1.82, 2.24) is 5.32 Å². The van der Waals surface area contributed by atoms with E-state index >= 15 is 0 Å². The molecule has 0 amide bonds. The number of hydrogen-bond acceptors (Lipinski definition) is 1. The summed E-state index contributed by atoms with van der Waals surface area (Å²) in [6, 6.07) is 17.6. The zero-order valence-electron chi connectivity index (χ0n) is 12.1. The van der Waals surface area contributed by atoms with Gasteiger partial charge in [0.2, 0.25) is 0 Å².